The maximum atomic E-state index is 10.9. The monoisotopic (exact) mass is 276 g/mol. The van der Waals surface area contributed by atoms with Crippen LogP contribution in [0.2, 0.25) is 0 Å². The molecule has 1 rings (SSSR count). The molecule has 8 nitrogen and oxygen atoms in total. The maximum absolute atomic E-state index is 10.9. The number of methoxy groups -OCH3 is 1. The fraction of sp³-hybridized carbons (Fsp3) is 0.727. The minimum absolute atomic E-state index is 0.0811. The molecule has 1 saturated heterocycles. The highest BCUT2D eigenvalue weighted by atomic mass is 16.7. The summed E-state index contributed by atoms with van der Waals surface area (Å²) < 4.78 is 24.2. The zero-order valence-corrected chi connectivity index (χ0v) is 10.9. The summed E-state index contributed by atoms with van der Waals surface area (Å²) in [5.41, 5.74) is 0. The van der Waals surface area contributed by atoms with Crippen molar-refractivity contribution in [3.05, 3.63) is 0 Å². The molecule has 1 aliphatic rings. The van der Waals surface area contributed by atoms with E-state index in [0.29, 0.717) is 0 Å². The Hall–Kier alpha value is -1.83. The second-order valence-corrected chi connectivity index (χ2v) is 3.88. The highest BCUT2D eigenvalue weighted by molar-refractivity contribution is 5.67. The van der Waals surface area contributed by atoms with Crippen molar-refractivity contribution >= 4 is 18.1 Å². The van der Waals surface area contributed by atoms with Crippen LogP contribution in [0.4, 0.5) is 4.79 Å². The van der Waals surface area contributed by atoms with Crippen LogP contribution >= 0.6 is 0 Å². The van der Waals surface area contributed by atoms with Crippen molar-refractivity contribution in [2.75, 3.05) is 13.7 Å². The molecule has 1 aliphatic heterocycles. The van der Waals surface area contributed by atoms with Gasteiger partial charge in [0.05, 0.1) is 13.2 Å². The van der Waals surface area contributed by atoms with Crippen molar-refractivity contribution in [2.45, 2.75) is 38.8 Å². The summed E-state index contributed by atoms with van der Waals surface area (Å²) in [6.45, 7) is 2.37. The van der Waals surface area contributed by atoms with Crippen molar-refractivity contribution in [1.29, 1.82) is 0 Å². The van der Waals surface area contributed by atoms with Gasteiger partial charge in [0, 0.05) is 20.3 Å². The summed E-state index contributed by atoms with van der Waals surface area (Å²) in [6.07, 6.45) is -2.83. The number of rotatable bonds is 4. The first-order valence-electron chi connectivity index (χ1n) is 5.63. The van der Waals surface area contributed by atoms with E-state index in [4.69, 9.17) is 18.9 Å². The van der Waals surface area contributed by atoms with E-state index >= 15 is 0 Å². The maximum Gasteiger partial charge on any atom is 0.508 e. The summed E-state index contributed by atoms with van der Waals surface area (Å²) in [6, 6.07) is 0. The number of esters is 2. The third kappa shape index (κ3) is 5.12. The molecular formula is C11H16O8. The van der Waals surface area contributed by atoms with Crippen molar-refractivity contribution in [1.82, 2.24) is 0 Å². The molecule has 0 amide bonds. The average molecular weight is 276 g/mol. The second-order valence-electron chi connectivity index (χ2n) is 3.88. The van der Waals surface area contributed by atoms with E-state index in [9.17, 15) is 14.4 Å². The first kappa shape index (κ1) is 15.2. The summed E-state index contributed by atoms with van der Waals surface area (Å²) in [7, 11) is 1.18. The predicted octanol–water partition coefficient (Wildman–Crippen LogP) is 0.379. The van der Waals surface area contributed by atoms with Gasteiger partial charge >= 0.3 is 18.1 Å². The van der Waals surface area contributed by atoms with E-state index < -0.39 is 36.6 Å². The van der Waals surface area contributed by atoms with E-state index in [1.54, 1.807) is 0 Å². The van der Waals surface area contributed by atoms with Crippen molar-refractivity contribution in [3.63, 3.8) is 0 Å². The van der Waals surface area contributed by atoms with Crippen molar-refractivity contribution < 1.29 is 38.1 Å². The Balaban J connectivity index is 2.52. The quantitative estimate of drug-likeness (QED) is 0.537. The SMILES string of the molecule is COC(=O)OCC1CC(OC(C)=O)C(OC(C)=O)O1. The van der Waals surface area contributed by atoms with E-state index in [-0.39, 0.29) is 13.0 Å². The standard InChI is InChI=1S/C11H16O8/c1-6(12)17-9-4-8(5-16-11(14)15-3)19-10(9)18-7(2)13/h8-10H,4-5H2,1-3H3. The molecule has 19 heavy (non-hydrogen) atoms. The van der Waals surface area contributed by atoms with Gasteiger partial charge in [0.25, 0.3) is 0 Å². The average Bonchev–Trinajstić information content (AvgIpc) is 2.66. The molecular weight excluding hydrogens is 260 g/mol. The lowest BCUT2D eigenvalue weighted by Crippen LogP contribution is -2.30. The highest BCUT2D eigenvalue weighted by Crippen LogP contribution is 2.25. The Morgan fingerprint density at radius 1 is 1.16 bits per heavy atom. The molecule has 1 heterocycles. The molecule has 0 radical (unpaired) electrons. The molecule has 108 valence electrons. The fourth-order valence-corrected chi connectivity index (χ4v) is 1.61. The topological polar surface area (TPSA) is 97.4 Å². The minimum atomic E-state index is -0.993. The minimum Gasteiger partial charge on any atom is -0.456 e. The summed E-state index contributed by atoms with van der Waals surface area (Å²) in [5, 5.41) is 0. The van der Waals surface area contributed by atoms with Crippen LogP contribution in [0, 0.1) is 0 Å². The molecule has 1 fully saturated rings. The summed E-state index contributed by atoms with van der Waals surface area (Å²) in [4.78, 5) is 32.6. The molecule has 0 aromatic carbocycles. The molecule has 0 bridgehead atoms. The van der Waals surface area contributed by atoms with Gasteiger partial charge in [0.2, 0.25) is 6.29 Å². The third-order valence-electron chi connectivity index (χ3n) is 2.28. The number of carbonyl (C=O) groups excluding carboxylic acids is 3. The number of hydrogen-bond acceptors (Lipinski definition) is 8. The Kier molecular flexibility index (Phi) is 5.56. The van der Waals surface area contributed by atoms with Crippen LogP contribution in [0.3, 0.4) is 0 Å². The van der Waals surface area contributed by atoms with Gasteiger partial charge in [0.1, 0.15) is 6.61 Å². The molecule has 3 unspecified atom stereocenters. The van der Waals surface area contributed by atoms with Gasteiger partial charge in [-0.3, -0.25) is 9.59 Å². The van der Waals surface area contributed by atoms with Crippen LogP contribution in [0.5, 0.6) is 0 Å². The molecule has 0 aromatic rings. The smallest absolute Gasteiger partial charge is 0.456 e. The molecule has 0 spiro atoms. The molecule has 0 saturated carbocycles. The fourth-order valence-electron chi connectivity index (χ4n) is 1.61. The molecule has 3 atom stereocenters. The van der Waals surface area contributed by atoms with Gasteiger partial charge in [-0.15, -0.1) is 0 Å². The van der Waals surface area contributed by atoms with Gasteiger partial charge in [0.15, 0.2) is 6.10 Å². The van der Waals surface area contributed by atoms with E-state index in [0.717, 1.165) is 0 Å². The Bertz CT molecular complexity index is 329. The van der Waals surface area contributed by atoms with Crippen LogP contribution in [0.1, 0.15) is 20.3 Å². The lowest BCUT2D eigenvalue weighted by molar-refractivity contribution is -0.195. The number of ether oxygens (including phenoxy) is 5. The summed E-state index contributed by atoms with van der Waals surface area (Å²) in [5.74, 6) is -1.07. The van der Waals surface area contributed by atoms with Gasteiger partial charge in [-0.25, -0.2) is 4.79 Å². The Morgan fingerprint density at radius 2 is 1.79 bits per heavy atom. The van der Waals surface area contributed by atoms with Crippen LogP contribution in [-0.2, 0) is 33.3 Å². The first-order valence-corrected chi connectivity index (χ1v) is 5.63. The van der Waals surface area contributed by atoms with Gasteiger partial charge < -0.3 is 23.7 Å². The Labute approximate surface area is 109 Å². The lowest BCUT2D eigenvalue weighted by Gasteiger charge is -2.17. The van der Waals surface area contributed by atoms with Crippen LogP contribution in [0.15, 0.2) is 0 Å². The molecule has 8 heteroatoms. The highest BCUT2D eigenvalue weighted by Gasteiger charge is 2.40. The van der Waals surface area contributed by atoms with Crippen molar-refractivity contribution in [2.24, 2.45) is 0 Å². The summed E-state index contributed by atoms with van der Waals surface area (Å²) >= 11 is 0. The van der Waals surface area contributed by atoms with Crippen LogP contribution in [0.25, 0.3) is 0 Å². The van der Waals surface area contributed by atoms with Gasteiger partial charge in [-0.1, -0.05) is 0 Å². The van der Waals surface area contributed by atoms with Crippen LogP contribution in [-0.4, -0.2) is 50.3 Å². The van der Waals surface area contributed by atoms with E-state index in [2.05, 4.69) is 4.74 Å². The van der Waals surface area contributed by atoms with Gasteiger partial charge in [-0.2, -0.15) is 0 Å². The zero-order valence-electron chi connectivity index (χ0n) is 10.9. The first-order chi connectivity index (χ1) is 8.92. The number of carbonyl (C=O) groups is 3. The lowest BCUT2D eigenvalue weighted by atomic mass is 10.2. The predicted molar refractivity (Wildman–Crippen MR) is 59.0 cm³/mol. The molecule has 0 aliphatic carbocycles. The largest absolute Gasteiger partial charge is 0.508 e. The van der Waals surface area contributed by atoms with Gasteiger partial charge in [-0.05, 0) is 0 Å². The molecule has 0 N–H and O–H groups in total. The third-order valence-corrected chi connectivity index (χ3v) is 2.28. The van der Waals surface area contributed by atoms with Crippen molar-refractivity contribution in [3.8, 4) is 0 Å². The zero-order chi connectivity index (χ0) is 14.4. The Morgan fingerprint density at radius 3 is 2.32 bits per heavy atom. The molecule has 0 aromatic heterocycles. The number of hydrogen-bond donors (Lipinski definition) is 0. The van der Waals surface area contributed by atoms with Crippen LogP contribution < -0.4 is 0 Å². The van der Waals surface area contributed by atoms with E-state index in [1.165, 1.54) is 21.0 Å². The van der Waals surface area contributed by atoms with E-state index in [1.807, 2.05) is 0 Å². The normalized spacial score (nSPS) is 25.5. The second kappa shape index (κ2) is 6.93.